The fourth-order valence-corrected chi connectivity index (χ4v) is 2.50. The van der Waals surface area contributed by atoms with Gasteiger partial charge in [0.25, 0.3) is 0 Å². The summed E-state index contributed by atoms with van der Waals surface area (Å²) in [5.74, 6) is 0.518. The zero-order valence-corrected chi connectivity index (χ0v) is 12.9. The third-order valence-corrected chi connectivity index (χ3v) is 3.73. The molecule has 2 aromatic carbocycles. The van der Waals surface area contributed by atoms with E-state index < -0.39 is 0 Å². The molecule has 0 saturated carbocycles. The zero-order valence-electron chi connectivity index (χ0n) is 12.9. The van der Waals surface area contributed by atoms with E-state index in [1.54, 1.807) is 6.20 Å². The maximum Gasteiger partial charge on any atom is 0.223 e. The predicted octanol–water partition coefficient (Wildman–Crippen LogP) is 3.32. The molecule has 0 fully saturated rings. The summed E-state index contributed by atoms with van der Waals surface area (Å²) in [7, 11) is 0. The van der Waals surface area contributed by atoms with Crippen molar-refractivity contribution in [2.45, 2.75) is 6.42 Å². The Morgan fingerprint density at radius 3 is 2.25 bits per heavy atom. The molecule has 0 bridgehead atoms. The second-order valence-corrected chi connectivity index (χ2v) is 5.45. The summed E-state index contributed by atoms with van der Waals surface area (Å²) in [6.45, 7) is 0. The second-order valence-electron chi connectivity index (χ2n) is 5.45. The Labute approximate surface area is 139 Å². The monoisotopic (exact) mass is 313 g/mol. The lowest BCUT2D eigenvalue weighted by Crippen LogP contribution is -1.99. The van der Waals surface area contributed by atoms with Gasteiger partial charge in [0.1, 0.15) is 5.69 Å². The van der Waals surface area contributed by atoms with Gasteiger partial charge < -0.3 is 0 Å². The summed E-state index contributed by atoms with van der Waals surface area (Å²) in [5.41, 5.74) is 4.13. The third kappa shape index (κ3) is 3.05. The number of tetrazole rings is 1. The van der Waals surface area contributed by atoms with Crippen LogP contribution in [0.5, 0.6) is 0 Å². The molecule has 0 aliphatic rings. The highest BCUT2D eigenvalue weighted by molar-refractivity contribution is 5.47. The fourth-order valence-electron chi connectivity index (χ4n) is 2.50. The van der Waals surface area contributed by atoms with Gasteiger partial charge >= 0.3 is 0 Å². The fraction of sp³-hybridized carbons (Fsp3) is 0.0526. The van der Waals surface area contributed by atoms with Crippen LogP contribution in [-0.2, 0) is 6.42 Å². The highest BCUT2D eigenvalue weighted by atomic mass is 15.6. The van der Waals surface area contributed by atoms with Crippen LogP contribution in [0.25, 0.3) is 17.2 Å². The Balaban J connectivity index is 1.54. The van der Waals surface area contributed by atoms with Crippen molar-refractivity contribution in [3.63, 3.8) is 0 Å². The average molecular weight is 313 g/mol. The first-order valence-electron chi connectivity index (χ1n) is 7.73. The van der Waals surface area contributed by atoms with Gasteiger partial charge in [-0.05, 0) is 47.0 Å². The minimum atomic E-state index is 0.518. The molecule has 4 rings (SSSR count). The van der Waals surface area contributed by atoms with Crippen LogP contribution in [0.4, 0.5) is 0 Å². The van der Waals surface area contributed by atoms with Crippen LogP contribution in [0.15, 0.2) is 79.0 Å². The highest BCUT2D eigenvalue weighted by Gasteiger charge is 2.08. The molecule has 0 amide bonds. The van der Waals surface area contributed by atoms with Crippen molar-refractivity contribution in [2.75, 3.05) is 0 Å². The summed E-state index contributed by atoms with van der Waals surface area (Å²) in [6, 6.07) is 24.2. The summed E-state index contributed by atoms with van der Waals surface area (Å²) in [5, 5.41) is 12.6. The van der Waals surface area contributed by atoms with Gasteiger partial charge in [-0.25, -0.2) is 0 Å². The first kappa shape index (κ1) is 14.3. The van der Waals surface area contributed by atoms with E-state index in [2.05, 4.69) is 56.8 Å². The molecule has 0 unspecified atom stereocenters. The summed E-state index contributed by atoms with van der Waals surface area (Å²) >= 11 is 0. The lowest BCUT2D eigenvalue weighted by Gasteiger charge is -2.03. The molecule has 2 aromatic heterocycles. The molecule has 0 atom stereocenters. The normalized spacial score (nSPS) is 10.7. The number of hydrogen-bond donors (Lipinski definition) is 0. The van der Waals surface area contributed by atoms with Crippen LogP contribution in [0, 0.1) is 0 Å². The smallest absolute Gasteiger partial charge is 0.223 e. The standard InChI is InChI=1S/C19H15N5/c1-2-6-15(7-3-1)14-16-9-11-17(12-10-16)24-22-19(21-23-24)18-8-4-5-13-20-18/h1-13H,14H2. The van der Waals surface area contributed by atoms with E-state index >= 15 is 0 Å². The largest absolute Gasteiger partial charge is 0.253 e. The highest BCUT2D eigenvalue weighted by Crippen LogP contribution is 2.14. The van der Waals surface area contributed by atoms with Crippen molar-refractivity contribution in [2.24, 2.45) is 0 Å². The lowest BCUT2D eigenvalue weighted by atomic mass is 10.1. The van der Waals surface area contributed by atoms with Gasteiger partial charge in [0.15, 0.2) is 0 Å². The number of rotatable bonds is 4. The van der Waals surface area contributed by atoms with Gasteiger partial charge in [-0.1, -0.05) is 48.5 Å². The van der Waals surface area contributed by atoms with Crippen LogP contribution in [-0.4, -0.2) is 25.2 Å². The van der Waals surface area contributed by atoms with Crippen LogP contribution in [0.3, 0.4) is 0 Å². The van der Waals surface area contributed by atoms with Crippen LogP contribution in [0.2, 0.25) is 0 Å². The van der Waals surface area contributed by atoms with Gasteiger partial charge in [-0.15, -0.1) is 15.0 Å². The number of hydrogen-bond acceptors (Lipinski definition) is 4. The second kappa shape index (κ2) is 6.42. The minimum absolute atomic E-state index is 0.518. The van der Waals surface area contributed by atoms with Crippen molar-refractivity contribution < 1.29 is 0 Å². The molecule has 0 saturated heterocycles. The molecule has 5 nitrogen and oxygen atoms in total. The van der Waals surface area contributed by atoms with Gasteiger partial charge in [0, 0.05) is 6.20 Å². The Bertz CT molecular complexity index is 915. The van der Waals surface area contributed by atoms with Gasteiger partial charge in [-0.3, -0.25) is 4.98 Å². The van der Waals surface area contributed by atoms with Crippen molar-refractivity contribution >= 4 is 0 Å². The molecular formula is C19H15N5. The molecule has 2 heterocycles. The quantitative estimate of drug-likeness (QED) is 0.580. The first-order valence-corrected chi connectivity index (χ1v) is 7.73. The Morgan fingerprint density at radius 1 is 0.750 bits per heavy atom. The molecule has 24 heavy (non-hydrogen) atoms. The van der Waals surface area contributed by atoms with Crippen LogP contribution < -0.4 is 0 Å². The van der Waals surface area contributed by atoms with Crippen molar-refractivity contribution in [3.05, 3.63) is 90.1 Å². The Kier molecular flexibility index (Phi) is 3.81. The molecule has 0 spiro atoms. The van der Waals surface area contributed by atoms with E-state index in [9.17, 15) is 0 Å². The summed E-state index contributed by atoms with van der Waals surface area (Å²) in [4.78, 5) is 5.76. The molecular weight excluding hydrogens is 298 g/mol. The van der Waals surface area contributed by atoms with Gasteiger partial charge in [-0.2, -0.15) is 0 Å². The number of benzene rings is 2. The van der Waals surface area contributed by atoms with E-state index in [0.717, 1.165) is 12.1 Å². The van der Waals surface area contributed by atoms with Crippen molar-refractivity contribution in [3.8, 4) is 17.2 Å². The number of aromatic nitrogens is 5. The zero-order chi connectivity index (χ0) is 16.2. The van der Waals surface area contributed by atoms with Gasteiger partial charge in [0.05, 0.1) is 5.69 Å². The number of nitrogens with zero attached hydrogens (tertiary/aromatic N) is 5. The topological polar surface area (TPSA) is 56.5 Å². The third-order valence-electron chi connectivity index (χ3n) is 3.73. The van der Waals surface area contributed by atoms with E-state index in [1.165, 1.54) is 15.9 Å². The van der Waals surface area contributed by atoms with E-state index in [-0.39, 0.29) is 0 Å². The number of pyridine rings is 1. The van der Waals surface area contributed by atoms with Gasteiger partial charge in [0.2, 0.25) is 5.82 Å². The molecule has 0 aliphatic carbocycles. The van der Waals surface area contributed by atoms with Crippen molar-refractivity contribution in [1.82, 2.24) is 25.2 Å². The summed E-state index contributed by atoms with van der Waals surface area (Å²) < 4.78 is 0. The maximum atomic E-state index is 4.40. The minimum Gasteiger partial charge on any atom is -0.253 e. The molecule has 5 heteroatoms. The van der Waals surface area contributed by atoms with E-state index in [0.29, 0.717) is 11.5 Å². The molecule has 116 valence electrons. The van der Waals surface area contributed by atoms with E-state index in [1.807, 2.05) is 36.4 Å². The molecule has 0 aliphatic heterocycles. The maximum absolute atomic E-state index is 4.40. The summed E-state index contributed by atoms with van der Waals surface area (Å²) in [6.07, 6.45) is 2.62. The van der Waals surface area contributed by atoms with Crippen LogP contribution in [0.1, 0.15) is 11.1 Å². The average Bonchev–Trinajstić information content (AvgIpc) is 3.14. The predicted molar refractivity (Wildman–Crippen MR) is 91.6 cm³/mol. The Hall–Kier alpha value is -3.34. The molecule has 0 N–H and O–H groups in total. The van der Waals surface area contributed by atoms with Crippen molar-refractivity contribution in [1.29, 1.82) is 0 Å². The lowest BCUT2D eigenvalue weighted by molar-refractivity contribution is 0.719. The first-order chi connectivity index (χ1) is 11.9. The SMILES string of the molecule is c1ccc(Cc2ccc(-n3nnc(-c4ccccn4)n3)cc2)cc1. The molecule has 4 aromatic rings. The Morgan fingerprint density at radius 2 is 1.50 bits per heavy atom. The van der Waals surface area contributed by atoms with Crippen LogP contribution >= 0.6 is 0 Å². The van der Waals surface area contributed by atoms with E-state index in [4.69, 9.17) is 0 Å². The molecule has 0 radical (unpaired) electrons.